The number of carbonyl (C=O) groups excluding carboxylic acids is 2. The van der Waals surface area contributed by atoms with E-state index in [0.29, 0.717) is 5.92 Å². The molecule has 0 radical (unpaired) electrons. The molecule has 0 bridgehead atoms. The zero-order valence-electron chi connectivity index (χ0n) is 10.4. The molecule has 1 saturated heterocycles. The van der Waals surface area contributed by atoms with Gasteiger partial charge in [-0.3, -0.25) is 10.1 Å². The van der Waals surface area contributed by atoms with Gasteiger partial charge in [0, 0.05) is 20.3 Å². The van der Waals surface area contributed by atoms with Crippen LogP contribution in [0.3, 0.4) is 0 Å². The summed E-state index contributed by atoms with van der Waals surface area (Å²) in [6.45, 7) is 4.16. The van der Waals surface area contributed by atoms with Crippen molar-refractivity contribution in [2.45, 2.75) is 25.8 Å². The van der Waals surface area contributed by atoms with Crippen LogP contribution in [0, 0.1) is 5.92 Å². The number of amides is 3. The van der Waals surface area contributed by atoms with Crippen LogP contribution in [0.15, 0.2) is 0 Å². The maximum atomic E-state index is 11.5. The predicted molar refractivity (Wildman–Crippen MR) is 63.6 cm³/mol. The standard InChI is InChI=1S/C11H21N3O3/c1-8(10(15)14-11(16)12-2)13-5-3-9-4-6-17-7-9/h8-9,13H,3-7H2,1-2H3,(H2,12,14,15,16). The van der Waals surface area contributed by atoms with Crippen molar-refractivity contribution in [3.8, 4) is 0 Å². The molecule has 1 heterocycles. The number of ether oxygens (including phenoxy) is 1. The van der Waals surface area contributed by atoms with Crippen molar-refractivity contribution in [3.63, 3.8) is 0 Å². The van der Waals surface area contributed by atoms with E-state index in [-0.39, 0.29) is 11.9 Å². The van der Waals surface area contributed by atoms with Crippen LogP contribution in [0.1, 0.15) is 19.8 Å². The van der Waals surface area contributed by atoms with E-state index in [9.17, 15) is 9.59 Å². The first-order valence-electron chi connectivity index (χ1n) is 5.97. The van der Waals surface area contributed by atoms with Gasteiger partial charge < -0.3 is 15.4 Å². The molecular weight excluding hydrogens is 222 g/mol. The molecule has 17 heavy (non-hydrogen) atoms. The normalized spacial score (nSPS) is 20.9. The number of rotatable bonds is 5. The number of urea groups is 1. The molecule has 2 atom stereocenters. The molecule has 3 N–H and O–H groups in total. The van der Waals surface area contributed by atoms with Gasteiger partial charge >= 0.3 is 6.03 Å². The van der Waals surface area contributed by atoms with Gasteiger partial charge in [-0.25, -0.2) is 4.79 Å². The lowest BCUT2D eigenvalue weighted by Gasteiger charge is -2.14. The molecule has 2 unspecified atom stereocenters. The van der Waals surface area contributed by atoms with Crippen LogP contribution >= 0.6 is 0 Å². The van der Waals surface area contributed by atoms with E-state index in [1.165, 1.54) is 7.05 Å². The Morgan fingerprint density at radius 2 is 2.24 bits per heavy atom. The number of nitrogens with one attached hydrogen (secondary N) is 3. The van der Waals surface area contributed by atoms with Gasteiger partial charge in [-0.1, -0.05) is 0 Å². The number of hydrogen-bond donors (Lipinski definition) is 3. The third-order valence-corrected chi connectivity index (χ3v) is 2.88. The first-order valence-corrected chi connectivity index (χ1v) is 5.97. The summed E-state index contributed by atoms with van der Waals surface area (Å²) in [6.07, 6.45) is 2.10. The predicted octanol–water partition coefficient (Wildman–Crippen LogP) is -0.153. The third-order valence-electron chi connectivity index (χ3n) is 2.88. The lowest BCUT2D eigenvalue weighted by Crippen LogP contribution is -2.47. The molecule has 3 amide bonds. The molecule has 0 aromatic heterocycles. The minimum absolute atomic E-state index is 0.313. The van der Waals surface area contributed by atoms with Gasteiger partial charge in [-0.2, -0.15) is 0 Å². The Balaban J connectivity index is 2.12. The monoisotopic (exact) mass is 243 g/mol. The lowest BCUT2D eigenvalue weighted by atomic mass is 10.1. The van der Waals surface area contributed by atoms with Crippen molar-refractivity contribution < 1.29 is 14.3 Å². The Morgan fingerprint density at radius 3 is 2.82 bits per heavy atom. The Morgan fingerprint density at radius 1 is 1.47 bits per heavy atom. The summed E-state index contributed by atoms with van der Waals surface area (Å²) in [5.74, 6) is 0.281. The molecule has 1 fully saturated rings. The average Bonchev–Trinajstić information content (AvgIpc) is 2.81. The van der Waals surface area contributed by atoms with Crippen LogP contribution in [-0.4, -0.2) is 44.8 Å². The average molecular weight is 243 g/mol. The molecule has 0 spiro atoms. The quantitative estimate of drug-likeness (QED) is 0.627. The van der Waals surface area contributed by atoms with Crippen LogP contribution in [0.2, 0.25) is 0 Å². The Kier molecular flexibility index (Phi) is 5.93. The smallest absolute Gasteiger partial charge is 0.321 e. The van der Waals surface area contributed by atoms with Crippen LogP contribution in [-0.2, 0) is 9.53 Å². The first kappa shape index (κ1) is 13.9. The highest BCUT2D eigenvalue weighted by molar-refractivity contribution is 5.96. The molecule has 1 aliphatic heterocycles. The van der Waals surface area contributed by atoms with Gasteiger partial charge in [0.15, 0.2) is 0 Å². The van der Waals surface area contributed by atoms with Crippen molar-refractivity contribution >= 4 is 11.9 Å². The number of carbonyl (C=O) groups is 2. The third kappa shape index (κ3) is 5.14. The molecule has 0 aliphatic carbocycles. The van der Waals surface area contributed by atoms with Crippen molar-refractivity contribution in [2.24, 2.45) is 5.92 Å². The fraction of sp³-hybridized carbons (Fsp3) is 0.818. The van der Waals surface area contributed by atoms with Gasteiger partial charge in [0.05, 0.1) is 6.04 Å². The SMILES string of the molecule is CNC(=O)NC(=O)C(C)NCCC1CCOC1. The van der Waals surface area contributed by atoms with E-state index < -0.39 is 6.03 Å². The van der Waals surface area contributed by atoms with Gasteiger partial charge in [0.1, 0.15) is 0 Å². The summed E-state index contributed by atoms with van der Waals surface area (Å²) in [5, 5.41) is 7.66. The fourth-order valence-electron chi connectivity index (χ4n) is 1.69. The van der Waals surface area contributed by atoms with E-state index in [1.807, 2.05) is 0 Å². The van der Waals surface area contributed by atoms with Crippen LogP contribution in [0.25, 0.3) is 0 Å². The minimum atomic E-state index is -0.479. The topological polar surface area (TPSA) is 79.5 Å². The highest BCUT2D eigenvalue weighted by Gasteiger charge is 2.17. The summed E-state index contributed by atoms with van der Waals surface area (Å²) in [4.78, 5) is 22.4. The minimum Gasteiger partial charge on any atom is -0.381 e. The van der Waals surface area contributed by atoms with Crippen molar-refractivity contribution in [1.82, 2.24) is 16.0 Å². The van der Waals surface area contributed by atoms with Crippen LogP contribution in [0.5, 0.6) is 0 Å². The fourth-order valence-corrected chi connectivity index (χ4v) is 1.69. The Hall–Kier alpha value is -1.14. The van der Waals surface area contributed by atoms with E-state index in [4.69, 9.17) is 4.74 Å². The molecule has 6 nitrogen and oxygen atoms in total. The Labute approximate surface area is 101 Å². The molecular formula is C11H21N3O3. The highest BCUT2D eigenvalue weighted by Crippen LogP contribution is 2.15. The largest absolute Gasteiger partial charge is 0.381 e. The van der Waals surface area contributed by atoms with Crippen molar-refractivity contribution in [1.29, 1.82) is 0 Å². The second kappa shape index (κ2) is 7.24. The van der Waals surface area contributed by atoms with Gasteiger partial charge in [-0.15, -0.1) is 0 Å². The van der Waals surface area contributed by atoms with Gasteiger partial charge in [-0.05, 0) is 32.2 Å². The van der Waals surface area contributed by atoms with E-state index >= 15 is 0 Å². The summed E-state index contributed by atoms with van der Waals surface area (Å²) in [7, 11) is 1.47. The molecule has 1 aliphatic rings. The van der Waals surface area contributed by atoms with Crippen molar-refractivity contribution in [3.05, 3.63) is 0 Å². The number of imide groups is 1. The molecule has 6 heteroatoms. The van der Waals surface area contributed by atoms with Crippen molar-refractivity contribution in [2.75, 3.05) is 26.8 Å². The number of hydrogen-bond acceptors (Lipinski definition) is 4. The molecule has 0 aromatic rings. The molecule has 0 aromatic carbocycles. The van der Waals surface area contributed by atoms with Crippen LogP contribution < -0.4 is 16.0 Å². The first-order chi connectivity index (χ1) is 8.13. The second-order valence-corrected chi connectivity index (χ2v) is 4.26. The summed E-state index contributed by atoms with van der Waals surface area (Å²) >= 11 is 0. The molecule has 98 valence electrons. The van der Waals surface area contributed by atoms with E-state index in [2.05, 4.69) is 16.0 Å². The maximum absolute atomic E-state index is 11.5. The lowest BCUT2D eigenvalue weighted by molar-refractivity contribution is -0.121. The zero-order valence-corrected chi connectivity index (χ0v) is 10.4. The Bertz CT molecular complexity index is 265. The zero-order chi connectivity index (χ0) is 12.7. The van der Waals surface area contributed by atoms with E-state index in [0.717, 1.165) is 32.6 Å². The molecule has 0 saturated carbocycles. The summed E-state index contributed by atoms with van der Waals surface area (Å²) < 4.78 is 5.27. The van der Waals surface area contributed by atoms with Gasteiger partial charge in [0.2, 0.25) is 5.91 Å². The maximum Gasteiger partial charge on any atom is 0.321 e. The summed E-state index contributed by atoms with van der Waals surface area (Å²) in [6, 6.07) is -0.845. The summed E-state index contributed by atoms with van der Waals surface area (Å²) in [5.41, 5.74) is 0. The van der Waals surface area contributed by atoms with Gasteiger partial charge in [0.25, 0.3) is 0 Å². The van der Waals surface area contributed by atoms with E-state index in [1.54, 1.807) is 6.92 Å². The molecule has 1 rings (SSSR count). The highest BCUT2D eigenvalue weighted by atomic mass is 16.5. The second-order valence-electron chi connectivity index (χ2n) is 4.26. The van der Waals surface area contributed by atoms with Crippen LogP contribution in [0.4, 0.5) is 4.79 Å².